The van der Waals surface area contributed by atoms with Crippen molar-refractivity contribution in [2.75, 3.05) is 11.8 Å². The fourth-order valence-corrected chi connectivity index (χ4v) is 3.84. The number of ketones is 1. The Labute approximate surface area is 164 Å². The summed E-state index contributed by atoms with van der Waals surface area (Å²) in [7, 11) is -2.34. The Morgan fingerprint density at radius 3 is 2.36 bits per heavy atom. The Morgan fingerprint density at radius 2 is 1.68 bits per heavy atom. The van der Waals surface area contributed by atoms with Crippen LogP contribution in [0, 0.1) is 13.8 Å². The highest BCUT2D eigenvalue weighted by Crippen LogP contribution is 2.26. The lowest BCUT2D eigenvalue weighted by molar-refractivity contribution is -0.885. The lowest BCUT2D eigenvalue weighted by atomic mass is 9.98. The van der Waals surface area contributed by atoms with E-state index >= 15 is 0 Å². The van der Waals surface area contributed by atoms with Gasteiger partial charge in [-0.1, -0.05) is 18.2 Å². The normalized spacial score (nSPS) is 11.1. The standard InChI is InChI=1S/C21H20N2O4S/c1-15-12-19(21(24)17-8-7-11-23(14-17)27-3)20(13-16(15)2)22-28(25,26)18-9-5-4-6-10-18/h4-14H,1-3H3/p+1. The topological polar surface area (TPSA) is 76.3 Å². The quantitative estimate of drug-likeness (QED) is 0.513. The van der Waals surface area contributed by atoms with Gasteiger partial charge < -0.3 is 0 Å². The van der Waals surface area contributed by atoms with Crippen LogP contribution in [0.1, 0.15) is 27.0 Å². The molecule has 1 N–H and O–H groups in total. The molecule has 0 amide bonds. The van der Waals surface area contributed by atoms with E-state index in [1.54, 1.807) is 54.9 Å². The van der Waals surface area contributed by atoms with Crippen molar-refractivity contribution in [2.45, 2.75) is 18.7 Å². The first-order valence-electron chi connectivity index (χ1n) is 8.61. The molecular weight excluding hydrogens is 376 g/mol. The van der Waals surface area contributed by atoms with Crippen molar-refractivity contribution in [3.05, 3.63) is 89.2 Å². The monoisotopic (exact) mass is 397 g/mol. The van der Waals surface area contributed by atoms with Crippen molar-refractivity contribution < 1.29 is 22.8 Å². The van der Waals surface area contributed by atoms with E-state index in [1.165, 1.54) is 24.0 Å². The number of carbonyl (C=O) groups excluding carboxylic acids is 1. The maximum absolute atomic E-state index is 13.1. The minimum Gasteiger partial charge on any atom is -0.288 e. The van der Waals surface area contributed by atoms with Gasteiger partial charge in [0.1, 0.15) is 7.11 Å². The molecule has 0 atom stereocenters. The summed E-state index contributed by atoms with van der Waals surface area (Å²) in [6, 6.07) is 14.8. The maximum atomic E-state index is 13.1. The number of aromatic nitrogens is 1. The number of anilines is 1. The van der Waals surface area contributed by atoms with Crippen molar-refractivity contribution in [3.63, 3.8) is 0 Å². The second kappa shape index (κ2) is 7.82. The van der Waals surface area contributed by atoms with Gasteiger partial charge in [0.25, 0.3) is 10.0 Å². The third-order valence-corrected chi connectivity index (χ3v) is 5.81. The highest BCUT2D eigenvalue weighted by molar-refractivity contribution is 7.92. The molecule has 0 unspecified atom stereocenters. The Hall–Kier alpha value is -3.19. The van der Waals surface area contributed by atoms with Crippen LogP contribution in [0.4, 0.5) is 5.69 Å². The van der Waals surface area contributed by atoms with Gasteiger partial charge in [0.2, 0.25) is 18.2 Å². The summed E-state index contributed by atoms with van der Waals surface area (Å²) in [5.74, 6) is -0.305. The first-order valence-corrected chi connectivity index (χ1v) is 10.1. The average molecular weight is 397 g/mol. The highest BCUT2D eigenvalue weighted by Gasteiger charge is 2.22. The molecule has 0 spiro atoms. The molecule has 0 aliphatic rings. The van der Waals surface area contributed by atoms with Crippen molar-refractivity contribution >= 4 is 21.5 Å². The summed E-state index contributed by atoms with van der Waals surface area (Å²) in [4.78, 5) is 18.4. The van der Waals surface area contributed by atoms with Gasteiger partial charge in [-0.25, -0.2) is 8.42 Å². The Kier molecular flexibility index (Phi) is 5.46. The summed E-state index contributed by atoms with van der Waals surface area (Å²) >= 11 is 0. The zero-order chi connectivity index (χ0) is 20.3. The van der Waals surface area contributed by atoms with E-state index in [1.807, 2.05) is 13.8 Å². The number of pyridine rings is 1. The number of carbonyl (C=O) groups is 1. The summed E-state index contributed by atoms with van der Waals surface area (Å²) in [6.45, 7) is 3.74. The number of rotatable bonds is 6. The fraction of sp³-hybridized carbons (Fsp3) is 0.143. The van der Waals surface area contributed by atoms with Gasteiger partial charge in [-0.2, -0.15) is 0 Å². The first kappa shape index (κ1) is 19.6. The smallest absolute Gasteiger partial charge is 0.261 e. The molecule has 3 aromatic rings. The van der Waals surface area contributed by atoms with Crippen LogP contribution in [-0.4, -0.2) is 21.3 Å². The minimum absolute atomic E-state index is 0.128. The van der Waals surface area contributed by atoms with Crippen LogP contribution in [0.25, 0.3) is 0 Å². The zero-order valence-corrected chi connectivity index (χ0v) is 16.7. The summed E-state index contributed by atoms with van der Waals surface area (Å²) < 4.78 is 29.5. The molecule has 0 radical (unpaired) electrons. The number of hydrogen-bond donors (Lipinski definition) is 1. The summed E-state index contributed by atoms with van der Waals surface area (Å²) in [5.41, 5.74) is 2.66. The predicted molar refractivity (Wildman–Crippen MR) is 106 cm³/mol. The molecule has 0 saturated heterocycles. The molecular formula is C21H21N2O4S+. The van der Waals surface area contributed by atoms with Crippen LogP contribution < -0.4 is 14.3 Å². The Bertz CT molecular complexity index is 1130. The molecule has 1 aromatic heterocycles. The third-order valence-electron chi connectivity index (χ3n) is 4.42. The van der Waals surface area contributed by atoms with E-state index < -0.39 is 10.0 Å². The zero-order valence-electron chi connectivity index (χ0n) is 15.8. The Morgan fingerprint density at radius 1 is 1.00 bits per heavy atom. The van der Waals surface area contributed by atoms with E-state index in [4.69, 9.17) is 4.84 Å². The van der Waals surface area contributed by atoms with Crippen molar-refractivity contribution in [3.8, 4) is 0 Å². The number of hydrogen-bond acceptors (Lipinski definition) is 4. The van der Waals surface area contributed by atoms with Gasteiger partial charge >= 0.3 is 0 Å². The first-order chi connectivity index (χ1) is 13.3. The molecule has 28 heavy (non-hydrogen) atoms. The molecule has 0 aliphatic heterocycles. The molecule has 144 valence electrons. The van der Waals surface area contributed by atoms with Crippen LogP contribution in [0.5, 0.6) is 0 Å². The van der Waals surface area contributed by atoms with E-state index in [-0.39, 0.29) is 21.9 Å². The van der Waals surface area contributed by atoms with Crippen LogP contribution >= 0.6 is 0 Å². The van der Waals surface area contributed by atoms with Crippen molar-refractivity contribution in [2.24, 2.45) is 0 Å². The lowest BCUT2D eigenvalue weighted by Gasteiger charge is -2.14. The summed E-state index contributed by atoms with van der Waals surface area (Å²) in [6.07, 6.45) is 3.21. The molecule has 2 aromatic carbocycles. The van der Waals surface area contributed by atoms with E-state index in [0.29, 0.717) is 5.56 Å². The van der Waals surface area contributed by atoms with Crippen molar-refractivity contribution in [1.82, 2.24) is 0 Å². The average Bonchev–Trinajstić information content (AvgIpc) is 2.70. The van der Waals surface area contributed by atoms with Gasteiger partial charge in [0.15, 0.2) is 0 Å². The van der Waals surface area contributed by atoms with Gasteiger partial charge in [0, 0.05) is 16.4 Å². The molecule has 6 nitrogen and oxygen atoms in total. The van der Waals surface area contributed by atoms with Gasteiger partial charge in [-0.05, 0) is 55.3 Å². The Balaban J connectivity index is 2.07. The van der Waals surface area contributed by atoms with E-state index in [0.717, 1.165) is 11.1 Å². The minimum atomic E-state index is -3.83. The van der Waals surface area contributed by atoms with Gasteiger partial charge in [0.05, 0.1) is 16.1 Å². The number of aryl methyl sites for hydroxylation is 2. The SMILES string of the molecule is CO[n+]1cccc(C(=O)c2cc(C)c(C)cc2NS(=O)(=O)c2ccccc2)c1. The van der Waals surface area contributed by atoms with Crippen molar-refractivity contribution in [1.29, 1.82) is 0 Å². The largest absolute Gasteiger partial charge is 0.288 e. The molecule has 0 saturated carbocycles. The number of nitrogens with zero attached hydrogens (tertiary/aromatic N) is 1. The molecule has 0 aliphatic carbocycles. The molecule has 7 heteroatoms. The number of nitrogens with one attached hydrogen (secondary N) is 1. The molecule has 0 fully saturated rings. The summed E-state index contributed by atoms with van der Waals surface area (Å²) in [5, 5.41) is 0. The van der Waals surface area contributed by atoms with Crippen LogP contribution in [-0.2, 0) is 10.0 Å². The third kappa shape index (κ3) is 4.04. The number of benzene rings is 2. The second-order valence-corrected chi connectivity index (χ2v) is 8.05. The van der Waals surface area contributed by atoms with E-state index in [2.05, 4.69) is 4.72 Å². The van der Waals surface area contributed by atoms with E-state index in [9.17, 15) is 13.2 Å². The molecule has 1 heterocycles. The predicted octanol–water partition coefficient (Wildman–Crippen LogP) is 2.68. The highest BCUT2D eigenvalue weighted by atomic mass is 32.2. The molecule has 3 rings (SSSR count). The van der Waals surface area contributed by atoms with Gasteiger partial charge in [-0.3, -0.25) is 14.4 Å². The van der Waals surface area contributed by atoms with Gasteiger partial charge in [-0.15, -0.1) is 0 Å². The second-order valence-electron chi connectivity index (χ2n) is 6.36. The van der Waals surface area contributed by atoms with Crippen LogP contribution in [0.15, 0.2) is 71.9 Å². The van der Waals surface area contributed by atoms with Crippen LogP contribution in [0.2, 0.25) is 0 Å². The van der Waals surface area contributed by atoms with Crippen LogP contribution in [0.3, 0.4) is 0 Å². The lowest BCUT2D eigenvalue weighted by Crippen LogP contribution is -2.40. The fourth-order valence-electron chi connectivity index (χ4n) is 2.75. The molecule has 0 bridgehead atoms. The number of sulfonamides is 1. The maximum Gasteiger partial charge on any atom is 0.261 e.